The molecular formula is C15H22N2O2. The second-order valence-electron chi connectivity index (χ2n) is 3.81. The molecule has 4 heteroatoms. The van der Waals surface area contributed by atoms with Crippen LogP contribution < -0.4 is 9.47 Å². The van der Waals surface area contributed by atoms with Crippen molar-refractivity contribution in [1.29, 1.82) is 0 Å². The quantitative estimate of drug-likeness (QED) is 0.848. The molecule has 104 valence electrons. The van der Waals surface area contributed by atoms with Gasteiger partial charge in [-0.1, -0.05) is 13.8 Å². The highest BCUT2D eigenvalue weighted by molar-refractivity contribution is 5.40. The van der Waals surface area contributed by atoms with E-state index in [2.05, 4.69) is 5.10 Å². The molecule has 0 spiro atoms. The largest absolute Gasteiger partial charge is 0.497 e. The lowest BCUT2D eigenvalue weighted by molar-refractivity contribution is 0.389. The zero-order chi connectivity index (χ0) is 14.3. The van der Waals surface area contributed by atoms with Crippen molar-refractivity contribution < 1.29 is 9.47 Å². The Kier molecular flexibility index (Phi) is 5.93. The lowest BCUT2D eigenvalue weighted by Crippen LogP contribution is -2.05. The molecule has 0 N–H and O–H groups in total. The molecule has 0 aliphatic rings. The summed E-state index contributed by atoms with van der Waals surface area (Å²) in [6.45, 7) is 6.73. The molecule has 0 radical (unpaired) electrons. The monoisotopic (exact) mass is 262 g/mol. The molecule has 0 fully saturated rings. The van der Waals surface area contributed by atoms with Gasteiger partial charge in [-0.25, -0.2) is 0 Å². The van der Waals surface area contributed by atoms with E-state index in [0.717, 1.165) is 22.8 Å². The number of benzene rings is 1. The molecule has 1 aromatic carbocycles. The smallest absolute Gasteiger partial charge is 0.127 e. The van der Waals surface area contributed by atoms with Crippen molar-refractivity contribution in [1.82, 2.24) is 9.78 Å². The van der Waals surface area contributed by atoms with E-state index in [9.17, 15) is 0 Å². The van der Waals surface area contributed by atoms with Gasteiger partial charge < -0.3 is 9.47 Å². The summed E-state index contributed by atoms with van der Waals surface area (Å²) in [5, 5.41) is 4.26. The summed E-state index contributed by atoms with van der Waals surface area (Å²) >= 11 is 0. The van der Waals surface area contributed by atoms with Gasteiger partial charge in [0.2, 0.25) is 0 Å². The summed E-state index contributed by atoms with van der Waals surface area (Å²) < 4.78 is 12.5. The van der Waals surface area contributed by atoms with Crippen molar-refractivity contribution in [2.24, 2.45) is 0 Å². The molecule has 0 aliphatic carbocycles. The van der Waals surface area contributed by atoms with E-state index >= 15 is 0 Å². The van der Waals surface area contributed by atoms with Gasteiger partial charge >= 0.3 is 0 Å². The summed E-state index contributed by atoms with van der Waals surface area (Å²) in [5.74, 6) is 1.61. The number of aromatic nitrogens is 2. The van der Waals surface area contributed by atoms with Crippen LogP contribution in [0.4, 0.5) is 0 Å². The number of hydrogen-bond donors (Lipinski definition) is 0. The van der Waals surface area contributed by atoms with E-state index in [0.29, 0.717) is 6.54 Å². The molecule has 2 rings (SSSR count). The Bertz CT molecular complexity index is 507. The number of aryl methyl sites for hydroxylation is 1. The fraction of sp³-hybridized carbons (Fsp3) is 0.400. The molecule has 2 aromatic rings. The number of rotatable bonds is 4. The third kappa shape index (κ3) is 3.74. The van der Waals surface area contributed by atoms with Gasteiger partial charge in [0.1, 0.15) is 11.5 Å². The van der Waals surface area contributed by atoms with Gasteiger partial charge in [-0.2, -0.15) is 5.10 Å². The summed E-state index contributed by atoms with van der Waals surface area (Å²) in [6, 6.07) is 7.79. The fourth-order valence-corrected chi connectivity index (χ4v) is 1.71. The van der Waals surface area contributed by atoms with Gasteiger partial charge in [0.05, 0.1) is 20.8 Å². The van der Waals surface area contributed by atoms with Crippen LogP contribution in [0.15, 0.2) is 30.5 Å². The van der Waals surface area contributed by atoms with Crippen molar-refractivity contribution in [3.05, 3.63) is 41.7 Å². The number of nitrogens with zero attached hydrogens (tertiary/aromatic N) is 2. The molecule has 0 saturated carbocycles. The van der Waals surface area contributed by atoms with Gasteiger partial charge in [-0.3, -0.25) is 4.68 Å². The van der Waals surface area contributed by atoms with Crippen molar-refractivity contribution in [2.75, 3.05) is 14.2 Å². The second kappa shape index (κ2) is 7.46. The Morgan fingerprint density at radius 1 is 1.11 bits per heavy atom. The second-order valence-corrected chi connectivity index (χ2v) is 3.81. The minimum absolute atomic E-state index is 0.700. The molecule has 1 aromatic heterocycles. The standard InChI is InChI=1S/C13H16N2O2.C2H6/c1-10-6-7-14-15(10)9-11-4-5-12(16-2)8-13(11)17-3;1-2/h4-8H,9H2,1-3H3;1-2H3. The molecule has 0 aliphatic heterocycles. The highest BCUT2D eigenvalue weighted by Gasteiger charge is 2.07. The van der Waals surface area contributed by atoms with Crippen LogP contribution in [0.3, 0.4) is 0 Å². The third-order valence-electron chi connectivity index (χ3n) is 2.74. The Morgan fingerprint density at radius 3 is 2.37 bits per heavy atom. The molecular weight excluding hydrogens is 240 g/mol. The van der Waals surface area contributed by atoms with Gasteiger partial charge in [0, 0.05) is 23.5 Å². The Morgan fingerprint density at radius 2 is 1.84 bits per heavy atom. The third-order valence-corrected chi connectivity index (χ3v) is 2.74. The molecule has 0 bridgehead atoms. The highest BCUT2D eigenvalue weighted by Crippen LogP contribution is 2.25. The zero-order valence-electron chi connectivity index (χ0n) is 12.3. The van der Waals surface area contributed by atoms with Crippen molar-refractivity contribution in [3.63, 3.8) is 0 Å². The predicted octanol–water partition coefficient (Wildman–Crippen LogP) is 3.28. The molecule has 1 heterocycles. The summed E-state index contributed by atoms with van der Waals surface area (Å²) in [6.07, 6.45) is 1.80. The van der Waals surface area contributed by atoms with Gasteiger partial charge in [0.15, 0.2) is 0 Å². The van der Waals surface area contributed by atoms with E-state index in [4.69, 9.17) is 9.47 Å². The SMILES string of the molecule is CC.COc1ccc(Cn2nccc2C)c(OC)c1. The summed E-state index contributed by atoms with van der Waals surface area (Å²) in [7, 11) is 3.31. The van der Waals surface area contributed by atoms with E-state index in [1.807, 2.05) is 49.7 Å². The van der Waals surface area contributed by atoms with E-state index < -0.39 is 0 Å². The number of methoxy groups -OCH3 is 2. The van der Waals surface area contributed by atoms with E-state index in [1.54, 1.807) is 20.4 Å². The Labute approximate surface area is 115 Å². The number of ether oxygens (including phenoxy) is 2. The topological polar surface area (TPSA) is 36.3 Å². The maximum absolute atomic E-state index is 5.36. The van der Waals surface area contributed by atoms with Crippen molar-refractivity contribution in [2.45, 2.75) is 27.3 Å². The molecule has 0 amide bonds. The zero-order valence-corrected chi connectivity index (χ0v) is 12.3. The van der Waals surface area contributed by atoms with Crippen LogP contribution in [-0.4, -0.2) is 24.0 Å². The summed E-state index contributed by atoms with van der Waals surface area (Å²) in [5.41, 5.74) is 2.21. The van der Waals surface area contributed by atoms with E-state index in [1.165, 1.54) is 0 Å². The van der Waals surface area contributed by atoms with Crippen LogP contribution in [-0.2, 0) is 6.54 Å². The van der Waals surface area contributed by atoms with Crippen LogP contribution in [0.25, 0.3) is 0 Å². The minimum atomic E-state index is 0.700. The molecule has 0 saturated heterocycles. The first-order valence-electron chi connectivity index (χ1n) is 6.44. The average Bonchev–Trinajstić information content (AvgIpc) is 2.87. The normalized spacial score (nSPS) is 9.53. The minimum Gasteiger partial charge on any atom is -0.497 e. The van der Waals surface area contributed by atoms with Crippen LogP contribution in [0.1, 0.15) is 25.1 Å². The summed E-state index contributed by atoms with van der Waals surface area (Å²) in [4.78, 5) is 0. The van der Waals surface area contributed by atoms with Gasteiger partial charge in [-0.15, -0.1) is 0 Å². The van der Waals surface area contributed by atoms with Gasteiger partial charge in [0.25, 0.3) is 0 Å². The average molecular weight is 262 g/mol. The highest BCUT2D eigenvalue weighted by atomic mass is 16.5. The molecule has 0 atom stereocenters. The van der Waals surface area contributed by atoms with Crippen LogP contribution in [0.2, 0.25) is 0 Å². The van der Waals surface area contributed by atoms with Crippen LogP contribution in [0.5, 0.6) is 11.5 Å². The van der Waals surface area contributed by atoms with Crippen LogP contribution >= 0.6 is 0 Å². The van der Waals surface area contributed by atoms with Crippen molar-refractivity contribution >= 4 is 0 Å². The predicted molar refractivity (Wildman–Crippen MR) is 77.0 cm³/mol. The fourth-order valence-electron chi connectivity index (χ4n) is 1.71. The van der Waals surface area contributed by atoms with E-state index in [-0.39, 0.29) is 0 Å². The Balaban J connectivity index is 0.000000861. The lowest BCUT2D eigenvalue weighted by Gasteiger charge is -2.11. The number of hydrogen-bond acceptors (Lipinski definition) is 3. The van der Waals surface area contributed by atoms with Gasteiger partial charge in [-0.05, 0) is 25.1 Å². The van der Waals surface area contributed by atoms with Crippen molar-refractivity contribution in [3.8, 4) is 11.5 Å². The first kappa shape index (κ1) is 15.1. The van der Waals surface area contributed by atoms with Crippen LogP contribution in [0, 0.1) is 6.92 Å². The molecule has 0 unspecified atom stereocenters. The molecule has 19 heavy (non-hydrogen) atoms. The maximum Gasteiger partial charge on any atom is 0.127 e. The molecule has 4 nitrogen and oxygen atoms in total. The maximum atomic E-state index is 5.36. The first-order chi connectivity index (χ1) is 9.24. The first-order valence-corrected chi connectivity index (χ1v) is 6.44. The lowest BCUT2D eigenvalue weighted by atomic mass is 10.2. The Hall–Kier alpha value is -1.97.